The van der Waals surface area contributed by atoms with Crippen LogP contribution in [-0.2, 0) is 9.53 Å². The fourth-order valence-corrected chi connectivity index (χ4v) is 1.82. The van der Waals surface area contributed by atoms with Crippen LogP contribution in [0.15, 0.2) is 11.6 Å². The van der Waals surface area contributed by atoms with E-state index in [1.165, 1.54) is 12.7 Å². The molecule has 0 aliphatic heterocycles. The molecule has 0 amide bonds. The zero-order valence-corrected chi connectivity index (χ0v) is 9.61. The van der Waals surface area contributed by atoms with Crippen molar-refractivity contribution in [3.05, 3.63) is 11.6 Å². The number of hydrogen-bond donors (Lipinski definition) is 0. The van der Waals surface area contributed by atoms with Gasteiger partial charge in [-0.15, -0.1) is 0 Å². The van der Waals surface area contributed by atoms with Crippen molar-refractivity contribution in [1.82, 2.24) is 0 Å². The summed E-state index contributed by atoms with van der Waals surface area (Å²) >= 11 is 1.76. The van der Waals surface area contributed by atoms with Gasteiger partial charge in [-0.05, 0) is 13.8 Å². The van der Waals surface area contributed by atoms with Crippen molar-refractivity contribution in [1.29, 1.82) is 0 Å². The molecule has 0 aromatic rings. The lowest BCUT2D eigenvalue weighted by molar-refractivity contribution is -0.143. The average molecular weight is 202 g/mol. The standard InChI is InChI=1S/C10H18O2S/c1-8(2)5-6-13-7-9(3)10(11)12-4/h5,9H,6-7H2,1-4H3. The Morgan fingerprint density at radius 2 is 2.15 bits per heavy atom. The van der Waals surface area contributed by atoms with Crippen LogP contribution in [0.5, 0.6) is 0 Å². The fourth-order valence-electron chi connectivity index (χ4n) is 0.740. The highest BCUT2D eigenvalue weighted by Gasteiger charge is 2.11. The molecule has 0 aromatic heterocycles. The highest BCUT2D eigenvalue weighted by atomic mass is 32.2. The van der Waals surface area contributed by atoms with Gasteiger partial charge >= 0.3 is 5.97 Å². The molecule has 0 saturated carbocycles. The van der Waals surface area contributed by atoms with E-state index in [1.54, 1.807) is 11.8 Å². The number of hydrogen-bond acceptors (Lipinski definition) is 3. The number of rotatable bonds is 5. The zero-order valence-electron chi connectivity index (χ0n) is 8.79. The second-order valence-electron chi connectivity index (χ2n) is 3.24. The van der Waals surface area contributed by atoms with E-state index in [2.05, 4.69) is 24.7 Å². The van der Waals surface area contributed by atoms with Crippen molar-refractivity contribution in [2.75, 3.05) is 18.6 Å². The first-order chi connectivity index (χ1) is 6.07. The monoisotopic (exact) mass is 202 g/mol. The molecule has 1 unspecified atom stereocenters. The minimum absolute atomic E-state index is 0.000521. The molecule has 0 aromatic carbocycles. The SMILES string of the molecule is COC(=O)C(C)CSCC=C(C)C. The summed E-state index contributed by atoms with van der Waals surface area (Å²) < 4.78 is 4.62. The minimum Gasteiger partial charge on any atom is -0.469 e. The number of allylic oxidation sites excluding steroid dienone is 1. The zero-order chi connectivity index (χ0) is 10.3. The highest BCUT2D eigenvalue weighted by Crippen LogP contribution is 2.10. The fraction of sp³-hybridized carbons (Fsp3) is 0.700. The first kappa shape index (κ1) is 12.6. The van der Waals surface area contributed by atoms with E-state index >= 15 is 0 Å². The summed E-state index contributed by atoms with van der Waals surface area (Å²) in [5.41, 5.74) is 1.32. The van der Waals surface area contributed by atoms with Crippen molar-refractivity contribution in [3.63, 3.8) is 0 Å². The molecular formula is C10H18O2S. The lowest BCUT2D eigenvalue weighted by atomic mass is 10.2. The third kappa shape index (κ3) is 6.70. The molecule has 0 radical (unpaired) electrons. The van der Waals surface area contributed by atoms with Gasteiger partial charge < -0.3 is 4.74 Å². The largest absolute Gasteiger partial charge is 0.469 e. The number of ether oxygens (including phenoxy) is 1. The van der Waals surface area contributed by atoms with Crippen LogP contribution in [0.4, 0.5) is 0 Å². The van der Waals surface area contributed by atoms with E-state index < -0.39 is 0 Å². The summed E-state index contributed by atoms with van der Waals surface area (Å²) in [5, 5.41) is 0. The van der Waals surface area contributed by atoms with Gasteiger partial charge in [0.15, 0.2) is 0 Å². The minimum atomic E-state index is -0.121. The lowest BCUT2D eigenvalue weighted by Gasteiger charge is -2.06. The first-order valence-corrected chi connectivity index (χ1v) is 5.52. The predicted molar refractivity (Wildman–Crippen MR) is 57.9 cm³/mol. The normalized spacial score (nSPS) is 12.0. The molecule has 0 aliphatic rings. The van der Waals surface area contributed by atoms with Crippen LogP contribution in [0.2, 0.25) is 0 Å². The molecule has 13 heavy (non-hydrogen) atoms. The second kappa shape index (κ2) is 7.01. The van der Waals surface area contributed by atoms with E-state index in [-0.39, 0.29) is 11.9 Å². The Morgan fingerprint density at radius 1 is 1.54 bits per heavy atom. The van der Waals surface area contributed by atoms with E-state index in [9.17, 15) is 4.79 Å². The van der Waals surface area contributed by atoms with Crippen molar-refractivity contribution < 1.29 is 9.53 Å². The number of carbonyl (C=O) groups excluding carboxylic acids is 1. The summed E-state index contributed by atoms with van der Waals surface area (Å²) in [7, 11) is 1.43. The average Bonchev–Trinajstić information content (AvgIpc) is 2.10. The van der Waals surface area contributed by atoms with Gasteiger partial charge in [0, 0.05) is 11.5 Å². The maximum absolute atomic E-state index is 11.0. The number of methoxy groups -OCH3 is 1. The highest BCUT2D eigenvalue weighted by molar-refractivity contribution is 7.99. The molecule has 3 heteroatoms. The van der Waals surface area contributed by atoms with Gasteiger partial charge in [-0.1, -0.05) is 18.6 Å². The summed E-state index contributed by atoms with van der Waals surface area (Å²) in [6, 6.07) is 0. The van der Waals surface area contributed by atoms with Crippen molar-refractivity contribution in [3.8, 4) is 0 Å². The molecule has 0 fully saturated rings. The maximum Gasteiger partial charge on any atom is 0.309 e. The Labute approximate surface area is 84.7 Å². The van der Waals surface area contributed by atoms with Crippen LogP contribution in [-0.4, -0.2) is 24.6 Å². The summed E-state index contributed by atoms with van der Waals surface area (Å²) in [6.45, 7) is 6.04. The molecule has 0 spiro atoms. The lowest BCUT2D eigenvalue weighted by Crippen LogP contribution is -2.14. The Bertz CT molecular complexity index is 183. The first-order valence-electron chi connectivity index (χ1n) is 4.37. The molecule has 0 saturated heterocycles. The molecule has 0 aliphatic carbocycles. The van der Waals surface area contributed by atoms with Crippen molar-refractivity contribution in [2.24, 2.45) is 5.92 Å². The molecule has 2 nitrogen and oxygen atoms in total. The van der Waals surface area contributed by atoms with Gasteiger partial charge in [0.1, 0.15) is 0 Å². The molecule has 0 N–H and O–H groups in total. The number of thioether (sulfide) groups is 1. The smallest absolute Gasteiger partial charge is 0.309 e. The summed E-state index contributed by atoms with van der Waals surface area (Å²) in [6.07, 6.45) is 2.16. The topological polar surface area (TPSA) is 26.3 Å². The third-order valence-electron chi connectivity index (χ3n) is 1.58. The Hall–Kier alpha value is -0.440. The maximum atomic E-state index is 11.0. The van der Waals surface area contributed by atoms with E-state index in [0.717, 1.165) is 11.5 Å². The summed E-state index contributed by atoms with van der Waals surface area (Å²) in [5.74, 6) is 1.69. The van der Waals surface area contributed by atoms with Crippen LogP contribution in [0.1, 0.15) is 20.8 Å². The Morgan fingerprint density at radius 3 is 2.62 bits per heavy atom. The number of esters is 1. The van der Waals surface area contributed by atoms with Crippen LogP contribution < -0.4 is 0 Å². The summed E-state index contributed by atoms with van der Waals surface area (Å²) in [4.78, 5) is 11.0. The van der Waals surface area contributed by atoms with Gasteiger partial charge in [-0.25, -0.2) is 0 Å². The van der Waals surface area contributed by atoms with Gasteiger partial charge in [-0.3, -0.25) is 4.79 Å². The Balaban J connectivity index is 3.53. The van der Waals surface area contributed by atoms with E-state index in [1.807, 2.05) is 6.92 Å². The quantitative estimate of drug-likeness (QED) is 0.389. The van der Waals surface area contributed by atoms with Crippen LogP contribution in [0.25, 0.3) is 0 Å². The van der Waals surface area contributed by atoms with Crippen LogP contribution in [0.3, 0.4) is 0 Å². The molecule has 0 rings (SSSR count). The van der Waals surface area contributed by atoms with Gasteiger partial charge in [-0.2, -0.15) is 11.8 Å². The molecule has 1 atom stereocenters. The van der Waals surface area contributed by atoms with Crippen LogP contribution >= 0.6 is 11.8 Å². The van der Waals surface area contributed by atoms with Gasteiger partial charge in [0.2, 0.25) is 0 Å². The van der Waals surface area contributed by atoms with Crippen LogP contribution in [0, 0.1) is 5.92 Å². The molecule has 76 valence electrons. The molecule has 0 bridgehead atoms. The molecule has 0 heterocycles. The van der Waals surface area contributed by atoms with E-state index in [4.69, 9.17) is 0 Å². The van der Waals surface area contributed by atoms with Gasteiger partial charge in [0.25, 0.3) is 0 Å². The second-order valence-corrected chi connectivity index (χ2v) is 4.32. The predicted octanol–water partition coefficient (Wildman–Crippen LogP) is 2.49. The van der Waals surface area contributed by atoms with Crippen molar-refractivity contribution in [2.45, 2.75) is 20.8 Å². The Kier molecular flexibility index (Phi) is 6.77. The van der Waals surface area contributed by atoms with Crippen molar-refractivity contribution >= 4 is 17.7 Å². The molecular weight excluding hydrogens is 184 g/mol. The number of carbonyl (C=O) groups is 1. The van der Waals surface area contributed by atoms with Gasteiger partial charge in [0.05, 0.1) is 13.0 Å². The van der Waals surface area contributed by atoms with E-state index in [0.29, 0.717) is 0 Å². The third-order valence-corrected chi connectivity index (χ3v) is 2.72.